The van der Waals surface area contributed by atoms with Crippen LogP contribution in [0, 0.1) is 11.8 Å². The van der Waals surface area contributed by atoms with E-state index >= 15 is 0 Å². The van der Waals surface area contributed by atoms with E-state index in [0.29, 0.717) is 0 Å². The van der Waals surface area contributed by atoms with Gasteiger partial charge in [0.15, 0.2) is 0 Å². The van der Waals surface area contributed by atoms with Gasteiger partial charge in [-0.2, -0.15) is 0 Å². The van der Waals surface area contributed by atoms with E-state index in [1.165, 1.54) is 19.4 Å². The maximum atomic E-state index is 12.2. The molecule has 1 unspecified atom stereocenters. The Bertz CT molecular complexity index is 798. The molecule has 1 aliphatic heterocycles. The number of esters is 1. The van der Waals surface area contributed by atoms with E-state index < -0.39 is 21.6 Å². The summed E-state index contributed by atoms with van der Waals surface area (Å²) in [5.41, 5.74) is 1.07. The molecule has 4 nitrogen and oxygen atoms in total. The molecule has 0 fully saturated rings. The quantitative estimate of drug-likeness (QED) is 0.436. The molecule has 1 aromatic carbocycles. The van der Waals surface area contributed by atoms with Gasteiger partial charge in [0.2, 0.25) is 5.78 Å². The second kappa shape index (κ2) is 7.97. The molecule has 0 amide bonds. The number of carbonyl (C=O) groups is 2. The molecule has 0 N–H and O–H groups in total. The number of allylic oxidation sites excluding steroid dienone is 2. The maximum Gasteiger partial charge on any atom is 0.336 e. The monoisotopic (exact) mass is 397 g/mol. The predicted octanol–water partition coefficient (Wildman–Crippen LogP) is 3.27. The molecule has 0 radical (unpaired) electrons. The number of nitrogens with zero attached hydrogens (tertiary/aromatic N) is 1. The molecule has 0 aromatic heterocycles. The first-order chi connectivity index (χ1) is 11.7. The zero-order valence-corrected chi connectivity index (χ0v) is 15.7. The van der Waals surface area contributed by atoms with Crippen LogP contribution in [-0.2, 0) is 14.3 Å². The lowest BCUT2D eigenvalue weighted by Gasteiger charge is -2.28. The van der Waals surface area contributed by atoms with Crippen LogP contribution in [0.2, 0.25) is 0 Å². The summed E-state index contributed by atoms with van der Waals surface area (Å²) in [6, 6.07) is 8.72. The number of benzene rings is 1. The first-order valence-electron chi connectivity index (χ1n) is 7.16. The van der Waals surface area contributed by atoms with E-state index in [1.54, 1.807) is 11.9 Å². The SMILES string of the molecule is COC(=O)C1=CC(C(=O)C(Cl)(Cl)Cl)=CN(C)C1C#Cc1ccccc1. The number of ketones is 1. The molecule has 0 bridgehead atoms. The molecule has 130 valence electrons. The van der Waals surface area contributed by atoms with Gasteiger partial charge in [0.25, 0.3) is 3.79 Å². The highest BCUT2D eigenvalue weighted by atomic mass is 35.6. The summed E-state index contributed by atoms with van der Waals surface area (Å²) >= 11 is 17.0. The fourth-order valence-corrected chi connectivity index (χ4v) is 2.55. The number of ether oxygens (including phenoxy) is 1. The minimum Gasteiger partial charge on any atom is -0.466 e. The van der Waals surface area contributed by atoms with Crippen LogP contribution in [-0.4, -0.2) is 40.6 Å². The van der Waals surface area contributed by atoms with Crippen molar-refractivity contribution >= 4 is 46.6 Å². The summed E-state index contributed by atoms with van der Waals surface area (Å²) in [6.07, 6.45) is 2.83. The van der Waals surface area contributed by atoms with Crippen LogP contribution in [0.25, 0.3) is 0 Å². The lowest BCUT2D eigenvalue weighted by Crippen LogP contribution is -2.36. The summed E-state index contributed by atoms with van der Waals surface area (Å²) in [7, 11) is 2.92. The summed E-state index contributed by atoms with van der Waals surface area (Å²) in [5.74, 6) is 4.65. The van der Waals surface area contributed by atoms with Crippen LogP contribution in [0.15, 0.2) is 53.8 Å². The highest BCUT2D eigenvalue weighted by Gasteiger charge is 2.36. The maximum absolute atomic E-state index is 12.2. The number of likely N-dealkylation sites (N-methyl/N-ethyl adjacent to an activating group) is 1. The van der Waals surface area contributed by atoms with Crippen molar-refractivity contribution < 1.29 is 14.3 Å². The van der Waals surface area contributed by atoms with Gasteiger partial charge >= 0.3 is 5.97 Å². The van der Waals surface area contributed by atoms with Gasteiger partial charge in [0.1, 0.15) is 6.04 Å². The van der Waals surface area contributed by atoms with Crippen LogP contribution in [0.4, 0.5) is 0 Å². The molecule has 7 heteroatoms. The summed E-state index contributed by atoms with van der Waals surface area (Å²) in [5, 5.41) is 0. The number of hydrogen-bond donors (Lipinski definition) is 0. The Kier molecular flexibility index (Phi) is 6.18. The summed E-state index contributed by atoms with van der Waals surface area (Å²) < 4.78 is 2.68. The van der Waals surface area contributed by atoms with Crippen LogP contribution in [0.1, 0.15) is 5.56 Å². The Morgan fingerprint density at radius 3 is 2.40 bits per heavy atom. The molecule has 1 heterocycles. The molecule has 0 saturated carbocycles. The predicted molar refractivity (Wildman–Crippen MR) is 98.3 cm³/mol. The topological polar surface area (TPSA) is 46.6 Å². The smallest absolute Gasteiger partial charge is 0.336 e. The third-order valence-electron chi connectivity index (χ3n) is 3.42. The zero-order valence-electron chi connectivity index (χ0n) is 13.4. The molecule has 1 aliphatic rings. The van der Waals surface area contributed by atoms with Crippen molar-refractivity contribution in [2.75, 3.05) is 14.2 Å². The average Bonchev–Trinajstić information content (AvgIpc) is 2.58. The zero-order chi connectivity index (χ0) is 18.6. The molecular formula is C18H14Cl3NO3. The van der Waals surface area contributed by atoms with Crippen molar-refractivity contribution in [3.05, 3.63) is 59.3 Å². The number of alkyl halides is 3. The highest BCUT2D eigenvalue weighted by molar-refractivity contribution is 6.77. The number of Topliss-reactive ketones (excluding diaryl/α,β-unsaturated/α-hetero) is 1. The molecule has 0 spiro atoms. The van der Waals surface area contributed by atoms with E-state index in [2.05, 4.69) is 11.8 Å². The fraction of sp³-hybridized carbons (Fsp3) is 0.222. The van der Waals surface area contributed by atoms with Crippen molar-refractivity contribution in [2.24, 2.45) is 0 Å². The lowest BCUT2D eigenvalue weighted by molar-refractivity contribution is -0.136. The van der Waals surface area contributed by atoms with Crippen LogP contribution < -0.4 is 0 Å². The molecular weight excluding hydrogens is 385 g/mol. The molecule has 0 aliphatic carbocycles. The van der Waals surface area contributed by atoms with Gasteiger partial charge in [-0.1, -0.05) is 64.8 Å². The van der Waals surface area contributed by atoms with Gasteiger partial charge in [0.05, 0.1) is 12.7 Å². The number of methoxy groups -OCH3 is 1. The van der Waals surface area contributed by atoms with Crippen molar-refractivity contribution in [1.29, 1.82) is 0 Å². The molecule has 1 atom stereocenters. The van der Waals surface area contributed by atoms with Crippen LogP contribution >= 0.6 is 34.8 Å². The lowest BCUT2D eigenvalue weighted by atomic mass is 9.97. The normalized spacial score (nSPS) is 17.0. The van der Waals surface area contributed by atoms with E-state index in [0.717, 1.165) is 5.56 Å². The Balaban J connectivity index is 2.41. The largest absolute Gasteiger partial charge is 0.466 e. The fourth-order valence-electron chi connectivity index (χ4n) is 2.23. The first-order valence-corrected chi connectivity index (χ1v) is 8.29. The minimum atomic E-state index is -2.12. The molecule has 0 saturated heterocycles. The van der Waals surface area contributed by atoms with Crippen LogP contribution in [0.3, 0.4) is 0 Å². The van der Waals surface area contributed by atoms with E-state index in [4.69, 9.17) is 39.5 Å². The van der Waals surface area contributed by atoms with Crippen molar-refractivity contribution in [1.82, 2.24) is 4.90 Å². The van der Waals surface area contributed by atoms with Gasteiger partial charge in [-0.15, -0.1) is 0 Å². The van der Waals surface area contributed by atoms with Gasteiger partial charge in [0, 0.05) is 24.4 Å². The van der Waals surface area contributed by atoms with Gasteiger partial charge < -0.3 is 9.64 Å². The molecule has 25 heavy (non-hydrogen) atoms. The highest BCUT2D eigenvalue weighted by Crippen LogP contribution is 2.33. The van der Waals surface area contributed by atoms with Crippen molar-refractivity contribution in [2.45, 2.75) is 9.83 Å². The first kappa shape index (κ1) is 19.4. The summed E-state index contributed by atoms with van der Waals surface area (Å²) in [6.45, 7) is 0. The van der Waals surface area contributed by atoms with Gasteiger partial charge in [-0.3, -0.25) is 4.79 Å². The number of hydrogen-bond acceptors (Lipinski definition) is 4. The van der Waals surface area contributed by atoms with Gasteiger partial charge in [-0.25, -0.2) is 4.79 Å². The van der Waals surface area contributed by atoms with E-state index in [1.807, 2.05) is 30.3 Å². The number of rotatable bonds is 2. The van der Waals surface area contributed by atoms with Crippen molar-refractivity contribution in [3.63, 3.8) is 0 Å². The Hall–Kier alpha value is -1.93. The third-order valence-corrected chi connectivity index (χ3v) is 3.94. The summed E-state index contributed by atoms with van der Waals surface area (Å²) in [4.78, 5) is 25.9. The van der Waals surface area contributed by atoms with Gasteiger partial charge in [-0.05, 0) is 18.2 Å². The van der Waals surface area contributed by atoms with E-state index in [9.17, 15) is 9.59 Å². The van der Waals surface area contributed by atoms with E-state index in [-0.39, 0.29) is 11.1 Å². The second-order valence-corrected chi connectivity index (χ2v) is 7.49. The second-order valence-electron chi connectivity index (χ2n) is 5.21. The third kappa shape index (κ3) is 4.79. The number of carbonyl (C=O) groups excluding carboxylic acids is 2. The Labute approximate surface area is 161 Å². The molecule has 1 aromatic rings. The standard InChI is InChI=1S/C18H14Cl3NO3/c1-22-11-13(16(23)18(19,20)21)10-14(17(24)25-2)15(22)9-8-12-6-4-3-5-7-12/h3-7,10-11,15H,1-2H3. The average molecular weight is 399 g/mol. The number of halogens is 3. The van der Waals surface area contributed by atoms with Crippen LogP contribution in [0.5, 0.6) is 0 Å². The Morgan fingerprint density at radius 2 is 1.84 bits per heavy atom. The molecule has 2 rings (SSSR count). The van der Waals surface area contributed by atoms with Crippen molar-refractivity contribution in [3.8, 4) is 11.8 Å². The Morgan fingerprint density at radius 1 is 1.20 bits per heavy atom. The minimum absolute atomic E-state index is 0.0839.